The summed E-state index contributed by atoms with van der Waals surface area (Å²) < 4.78 is 10.8. The van der Waals surface area contributed by atoms with Crippen molar-refractivity contribution in [2.45, 2.75) is 19.8 Å². The van der Waals surface area contributed by atoms with Gasteiger partial charge in [0.05, 0.1) is 6.42 Å². The fourth-order valence-electron chi connectivity index (χ4n) is 2.79. The van der Waals surface area contributed by atoms with Crippen LogP contribution in [0.4, 0.5) is 11.4 Å². The highest BCUT2D eigenvalue weighted by molar-refractivity contribution is 5.94. The first kappa shape index (κ1) is 20.9. The first-order valence-corrected chi connectivity index (χ1v) is 9.47. The fourth-order valence-corrected chi connectivity index (χ4v) is 2.79. The summed E-state index contributed by atoms with van der Waals surface area (Å²) >= 11 is 0. The number of anilines is 2. The van der Waals surface area contributed by atoms with Crippen LogP contribution in [0.3, 0.4) is 0 Å². The molecule has 0 unspecified atom stereocenters. The van der Waals surface area contributed by atoms with Crippen molar-refractivity contribution in [3.63, 3.8) is 0 Å². The molecule has 3 aromatic rings. The molecule has 0 spiro atoms. The zero-order chi connectivity index (χ0) is 21.3. The average molecular weight is 406 g/mol. The van der Waals surface area contributed by atoms with Gasteiger partial charge in [-0.3, -0.25) is 14.4 Å². The molecule has 2 amide bonds. The normalized spacial score (nSPS) is 10.3. The van der Waals surface area contributed by atoms with E-state index in [9.17, 15) is 14.4 Å². The molecule has 0 bridgehead atoms. The highest BCUT2D eigenvalue weighted by Gasteiger charge is 2.11. The number of aryl methyl sites for hydroxylation is 1. The van der Waals surface area contributed by atoms with Crippen LogP contribution in [0.5, 0.6) is 0 Å². The maximum Gasteiger partial charge on any atom is 0.306 e. The van der Waals surface area contributed by atoms with Gasteiger partial charge in [0.15, 0.2) is 6.61 Å². The molecule has 0 atom stereocenters. The standard InChI is InChI=1S/C23H22N2O5/c1-16(26)24-18-8-5-9-19(14-18)25-22(27)15-29-23(28)13-11-20-10-12-21(30-20)17-6-3-2-4-7-17/h2-10,12,14H,11,13,15H2,1H3,(H,24,26)(H,25,27). The summed E-state index contributed by atoms with van der Waals surface area (Å²) in [5.41, 5.74) is 2.02. The molecule has 7 heteroatoms. The summed E-state index contributed by atoms with van der Waals surface area (Å²) in [5, 5.41) is 5.25. The Morgan fingerprint density at radius 1 is 0.900 bits per heavy atom. The van der Waals surface area contributed by atoms with E-state index in [1.165, 1.54) is 6.92 Å². The predicted molar refractivity (Wildman–Crippen MR) is 113 cm³/mol. The van der Waals surface area contributed by atoms with E-state index < -0.39 is 18.5 Å². The lowest BCUT2D eigenvalue weighted by Gasteiger charge is -2.08. The Morgan fingerprint density at radius 3 is 2.37 bits per heavy atom. The fraction of sp³-hybridized carbons (Fsp3) is 0.174. The number of carbonyl (C=O) groups excluding carboxylic acids is 3. The molecule has 154 valence electrons. The zero-order valence-electron chi connectivity index (χ0n) is 16.5. The Balaban J connectivity index is 1.42. The Labute approximate surface area is 174 Å². The van der Waals surface area contributed by atoms with E-state index in [4.69, 9.17) is 9.15 Å². The minimum Gasteiger partial charge on any atom is -0.461 e. The molecule has 2 N–H and O–H groups in total. The van der Waals surface area contributed by atoms with Crippen LogP contribution in [0.1, 0.15) is 19.1 Å². The van der Waals surface area contributed by atoms with Gasteiger partial charge >= 0.3 is 5.97 Å². The van der Waals surface area contributed by atoms with Crippen molar-refractivity contribution in [1.29, 1.82) is 0 Å². The molecule has 0 aliphatic heterocycles. The summed E-state index contributed by atoms with van der Waals surface area (Å²) in [6.07, 6.45) is 0.485. The van der Waals surface area contributed by atoms with Gasteiger partial charge in [-0.25, -0.2) is 0 Å². The lowest BCUT2D eigenvalue weighted by molar-refractivity contribution is -0.147. The third-order valence-corrected chi connectivity index (χ3v) is 4.13. The summed E-state index contributed by atoms with van der Waals surface area (Å²) in [6.45, 7) is 1.01. The number of esters is 1. The average Bonchev–Trinajstić information content (AvgIpc) is 3.20. The minimum absolute atomic E-state index is 0.104. The van der Waals surface area contributed by atoms with Crippen LogP contribution in [-0.4, -0.2) is 24.4 Å². The summed E-state index contributed by atoms with van der Waals surface area (Å²) in [6, 6.07) is 20.0. The number of furan rings is 1. The van der Waals surface area contributed by atoms with E-state index in [-0.39, 0.29) is 12.3 Å². The van der Waals surface area contributed by atoms with Crippen molar-refractivity contribution < 1.29 is 23.5 Å². The monoisotopic (exact) mass is 406 g/mol. The van der Waals surface area contributed by atoms with Crippen LogP contribution in [0.25, 0.3) is 11.3 Å². The second-order valence-electron chi connectivity index (χ2n) is 6.60. The van der Waals surface area contributed by atoms with Crippen molar-refractivity contribution in [3.05, 3.63) is 72.5 Å². The van der Waals surface area contributed by atoms with E-state index in [2.05, 4.69) is 10.6 Å². The number of hydrogen-bond acceptors (Lipinski definition) is 5. The van der Waals surface area contributed by atoms with E-state index in [1.54, 1.807) is 24.3 Å². The second kappa shape index (κ2) is 10.1. The molecule has 1 heterocycles. The van der Waals surface area contributed by atoms with E-state index >= 15 is 0 Å². The third kappa shape index (κ3) is 6.34. The van der Waals surface area contributed by atoms with Crippen LogP contribution in [0.2, 0.25) is 0 Å². The zero-order valence-corrected chi connectivity index (χ0v) is 16.5. The predicted octanol–water partition coefficient (Wildman–Crippen LogP) is 4.02. The first-order valence-electron chi connectivity index (χ1n) is 9.47. The molecule has 0 aliphatic carbocycles. The second-order valence-corrected chi connectivity index (χ2v) is 6.60. The van der Waals surface area contributed by atoms with Gasteiger partial charge in [-0.1, -0.05) is 36.4 Å². The number of rotatable bonds is 8. The molecule has 1 aromatic heterocycles. The molecule has 3 rings (SSSR count). The molecule has 0 saturated heterocycles. The maximum absolute atomic E-state index is 12.0. The van der Waals surface area contributed by atoms with Crippen molar-refractivity contribution >= 4 is 29.2 Å². The van der Waals surface area contributed by atoms with Gasteiger partial charge in [-0.2, -0.15) is 0 Å². The number of hydrogen-bond donors (Lipinski definition) is 2. The van der Waals surface area contributed by atoms with E-state index in [0.717, 1.165) is 11.3 Å². The quantitative estimate of drug-likeness (QED) is 0.551. The highest BCUT2D eigenvalue weighted by Crippen LogP contribution is 2.22. The molecule has 0 aliphatic rings. The van der Waals surface area contributed by atoms with Crippen LogP contribution in [0.15, 0.2) is 71.1 Å². The third-order valence-electron chi connectivity index (χ3n) is 4.13. The SMILES string of the molecule is CC(=O)Nc1cccc(NC(=O)COC(=O)CCc2ccc(-c3ccccc3)o2)c1. The molecular formula is C23H22N2O5. The van der Waals surface area contributed by atoms with Crippen molar-refractivity contribution in [2.24, 2.45) is 0 Å². The summed E-state index contributed by atoms with van der Waals surface area (Å²) in [4.78, 5) is 35.0. The smallest absolute Gasteiger partial charge is 0.306 e. The number of carbonyl (C=O) groups is 3. The summed E-state index contributed by atoms with van der Waals surface area (Å²) in [7, 11) is 0. The lowest BCUT2D eigenvalue weighted by Crippen LogP contribution is -2.21. The topological polar surface area (TPSA) is 97.6 Å². The first-order chi connectivity index (χ1) is 14.5. The van der Waals surface area contributed by atoms with Gasteiger partial charge in [-0.15, -0.1) is 0 Å². The van der Waals surface area contributed by atoms with Gasteiger partial charge in [0, 0.05) is 30.3 Å². The van der Waals surface area contributed by atoms with Gasteiger partial charge in [-0.05, 0) is 30.3 Å². The minimum atomic E-state index is -0.491. The highest BCUT2D eigenvalue weighted by atomic mass is 16.5. The van der Waals surface area contributed by atoms with Crippen molar-refractivity contribution in [1.82, 2.24) is 0 Å². The van der Waals surface area contributed by atoms with Gasteiger partial charge in [0.1, 0.15) is 11.5 Å². The lowest BCUT2D eigenvalue weighted by atomic mass is 10.2. The molecule has 0 radical (unpaired) electrons. The van der Waals surface area contributed by atoms with E-state index in [0.29, 0.717) is 23.6 Å². The van der Waals surface area contributed by atoms with Gasteiger partial charge in [0.2, 0.25) is 5.91 Å². The molecule has 7 nitrogen and oxygen atoms in total. The number of amides is 2. The maximum atomic E-state index is 12.0. The largest absolute Gasteiger partial charge is 0.461 e. The van der Waals surface area contributed by atoms with Crippen LogP contribution < -0.4 is 10.6 Å². The number of benzene rings is 2. The van der Waals surface area contributed by atoms with Crippen molar-refractivity contribution in [3.8, 4) is 11.3 Å². The van der Waals surface area contributed by atoms with Gasteiger partial charge < -0.3 is 19.8 Å². The molecule has 2 aromatic carbocycles. The summed E-state index contributed by atoms with van der Waals surface area (Å²) in [5.74, 6) is 0.243. The van der Waals surface area contributed by atoms with Crippen LogP contribution in [0, 0.1) is 0 Å². The Bertz CT molecular complexity index is 1030. The molecule has 0 fully saturated rings. The van der Waals surface area contributed by atoms with E-state index in [1.807, 2.05) is 42.5 Å². The Morgan fingerprint density at radius 2 is 1.63 bits per heavy atom. The number of nitrogens with one attached hydrogen (secondary N) is 2. The molecular weight excluding hydrogens is 384 g/mol. The van der Waals surface area contributed by atoms with Crippen molar-refractivity contribution in [2.75, 3.05) is 17.2 Å². The molecule has 0 saturated carbocycles. The van der Waals surface area contributed by atoms with Crippen LogP contribution in [-0.2, 0) is 25.5 Å². The number of ether oxygens (including phenoxy) is 1. The Hall–Kier alpha value is -3.87. The Kier molecular flexibility index (Phi) is 7.00. The molecule has 30 heavy (non-hydrogen) atoms. The van der Waals surface area contributed by atoms with Crippen LogP contribution >= 0.6 is 0 Å². The van der Waals surface area contributed by atoms with Gasteiger partial charge in [0.25, 0.3) is 5.91 Å².